The van der Waals surface area contributed by atoms with Crippen molar-refractivity contribution < 1.29 is 19.1 Å². The number of carbonyl (C=O) groups is 1. The van der Waals surface area contributed by atoms with Crippen LogP contribution in [0.2, 0.25) is 0 Å². The van der Waals surface area contributed by atoms with Crippen LogP contribution in [0.4, 0.5) is 0 Å². The van der Waals surface area contributed by atoms with Crippen LogP contribution in [-0.4, -0.2) is 60.2 Å². The zero-order chi connectivity index (χ0) is 20.2. The molecule has 2 aromatic carbocycles. The number of hydrogen-bond acceptors (Lipinski definition) is 5. The van der Waals surface area contributed by atoms with Gasteiger partial charge in [-0.05, 0) is 36.2 Å². The smallest absolute Gasteiger partial charge is 0.260 e. The Morgan fingerprint density at radius 3 is 2.86 bits per heavy atom. The van der Waals surface area contributed by atoms with E-state index in [1.807, 2.05) is 55.6 Å². The first-order valence-corrected chi connectivity index (χ1v) is 9.91. The molecule has 0 saturated carbocycles. The Kier molecular flexibility index (Phi) is 5.83. The van der Waals surface area contributed by atoms with Crippen LogP contribution < -0.4 is 4.74 Å². The molecule has 4 rings (SSSR count). The van der Waals surface area contributed by atoms with Gasteiger partial charge in [-0.25, -0.2) is 0 Å². The number of aliphatic hydroxyl groups is 1. The average molecular weight is 394 g/mol. The molecule has 1 N–H and O–H groups in total. The van der Waals surface area contributed by atoms with E-state index in [0.717, 1.165) is 29.5 Å². The highest BCUT2D eigenvalue weighted by Gasteiger charge is 2.28. The summed E-state index contributed by atoms with van der Waals surface area (Å²) in [6.07, 6.45) is 2.12. The molecular weight excluding hydrogens is 368 g/mol. The number of hydrogen-bond donors (Lipinski definition) is 1. The van der Waals surface area contributed by atoms with Gasteiger partial charge in [0.05, 0.1) is 18.4 Å². The summed E-state index contributed by atoms with van der Waals surface area (Å²) in [7, 11) is 1.81. The minimum Gasteiger partial charge on any atom is -0.484 e. The molecule has 0 aliphatic carbocycles. The number of likely N-dealkylation sites (tertiary alicyclic amines) is 1. The summed E-state index contributed by atoms with van der Waals surface area (Å²) in [5, 5.41) is 10.8. The Morgan fingerprint density at radius 2 is 2.10 bits per heavy atom. The monoisotopic (exact) mass is 394 g/mol. The number of fused-ring (bicyclic) bond motifs is 1. The summed E-state index contributed by atoms with van der Waals surface area (Å²) in [5.74, 6) is 0.547. The maximum absolute atomic E-state index is 12.9. The summed E-state index contributed by atoms with van der Waals surface area (Å²) in [5.41, 5.74) is 1.86. The van der Waals surface area contributed by atoms with Gasteiger partial charge < -0.3 is 19.2 Å². The molecule has 2 unspecified atom stereocenters. The molecular formula is C23H26N2O4. The third kappa shape index (κ3) is 4.60. The van der Waals surface area contributed by atoms with Crippen LogP contribution in [-0.2, 0) is 4.79 Å². The number of nitrogens with zero attached hydrogens (tertiary/aromatic N) is 2. The molecule has 6 heteroatoms. The molecule has 1 fully saturated rings. The van der Waals surface area contributed by atoms with E-state index in [1.54, 1.807) is 17.2 Å². The van der Waals surface area contributed by atoms with Crippen LogP contribution in [0.5, 0.6) is 5.75 Å². The number of amides is 1. The first-order chi connectivity index (χ1) is 14.1. The first kappa shape index (κ1) is 19.5. The second-order valence-electron chi connectivity index (χ2n) is 7.54. The van der Waals surface area contributed by atoms with Crippen LogP contribution in [0.25, 0.3) is 11.0 Å². The van der Waals surface area contributed by atoms with Gasteiger partial charge in [-0.3, -0.25) is 9.69 Å². The molecule has 0 radical (unpaired) electrons. The maximum atomic E-state index is 12.9. The molecule has 6 nitrogen and oxygen atoms in total. The molecule has 1 aliphatic rings. The van der Waals surface area contributed by atoms with Gasteiger partial charge in [0.1, 0.15) is 11.3 Å². The SMILES string of the molecule is CN(C(=O)COc1ccc2occc2c1)C(CN1CCC(O)C1)c1ccccc1. The van der Waals surface area contributed by atoms with E-state index in [1.165, 1.54) is 0 Å². The fourth-order valence-corrected chi connectivity index (χ4v) is 3.80. The van der Waals surface area contributed by atoms with Crippen LogP contribution in [0.3, 0.4) is 0 Å². The van der Waals surface area contributed by atoms with E-state index in [0.29, 0.717) is 18.8 Å². The molecule has 1 aromatic heterocycles. The number of carbonyl (C=O) groups excluding carboxylic acids is 1. The molecule has 1 aliphatic heterocycles. The van der Waals surface area contributed by atoms with Crippen molar-refractivity contribution in [1.29, 1.82) is 0 Å². The van der Waals surface area contributed by atoms with Crippen molar-refractivity contribution in [2.45, 2.75) is 18.6 Å². The third-order valence-corrected chi connectivity index (χ3v) is 5.51. The predicted octanol–water partition coefficient (Wildman–Crippen LogP) is 3.08. The van der Waals surface area contributed by atoms with Crippen LogP contribution in [0.1, 0.15) is 18.0 Å². The molecule has 0 spiro atoms. The number of benzene rings is 2. The van der Waals surface area contributed by atoms with Gasteiger partial charge in [0.2, 0.25) is 0 Å². The number of rotatable bonds is 7. The number of likely N-dealkylation sites (N-methyl/N-ethyl adjacent to an activating group) is 1. The Labute approximate surface area is 170 Å². The van der Waals surface area contributed by atoms with Crippen molar-refractivity contribution in [1.82, 2.24) is 9.80 Å². The summed E-state index contributed by atoms with van der Waals surface area (Å²) in [4.78, 5) is 16.9. The highest BCUT2D eigenvalue weighted by atomic mass is 16.5. The maximum Gasteiger partial charge on any atom is 0.260 e. The second kappa shape index (κ2) is 8.68. The van der Waals surface area contributed by atoms with Crippen molar-refractivity contribution in [3.63, 3.8) is 0 Å². The molecule has 1 saturated heterocycles. The standard InChI is InChI=1S/C23H26N2O4/c1-24(23(27)16-29-20-7-8-22-18(13-20)10-12-28-22)21(17-5-3-2-4-6-17)15-25-11-9-19(26)14-25/h2-8,10,12-13,19,21,26H,9,11,14-16H2,1H3. The largest absolute Gasteiger partial charge is 0.484 e. The van der Waals surface area contributed by atoms with Gasteiger partial charge in [-0.1, -0.05) is 30.3 Å². The summed E-state index contributed by atoms with van der Waals surface area (Å²) in [6, 6.07) is 17.3. The minimum atomic E-state index is -0.284. The molecule has 1 amide bonds. The lowest BCUT2D eigenvalue weighted by Gasteiger charge is -2.32. The van der Waals surface area contributed by atoms with E-state index in [9.17, 15) is 9.90 Å². The van der Waals surface area contributed by atoms with Crippen molar-refractivity contribution in [2.75, 3.05) is 33.3 Å². The van der Waals surface area contributed by atoms with Crippen molar-refractivity contribution in [2.24, 2.45) is 0 Å². The molecule has 0 bridgehead atoms. The summed E-state index contributed by atoms with van der Waals surface area (Å²) in [6.45, 7) is 2.14. The average Bonchev–Trinajstić information content (AvgIpc) is 3.38. The molecule has 2 atom stereocenters. The number of ether oxygens (including phenoxy) is 1. The topological polar surface area (TPSA) is 66.2 Å². The fourth-order valence-electron chi connectivity index (χ4n) is 3.80. The molecule has 3 aromatic rings. The Balaban J connectivity index is 1.44. The number of aliphatic hydroxyl groups excluding tert-OH is 1. The lowest BCUT2D eigenvalue weighted by atomic mass is 10.0. The van der Waals surface area contributed by atoms with Crippen LogP contribution in [0.15, 0.2) is 65.3 Å². The van der Waals surface area contributed by atoms with Gasteiger partial charge in [0.25, 0.3) is 5.91 Å². The van der Waals surface area contributed by atoms with E-state index in [4.69, 9.17) is 9.15 Å². The van der Waals surface area contributed by atoms with Gasteiger partial charge in [0.15, 0.2) is 6.61 Å². The highest BCUT2D eigenvalue weighted by Crippen LogP contribution is 2.24. The Morgan fingerprint density at radius 1 is 1.28 bits per heavy atom. The molecule has 2 heterocycles. The minimum absolute atomic E-state index is 0.0359. The first-order valence-electron chi connectivity index (χ1n) is 9.91. The molecule has 152 valence electrons. The normalized spacial score (nSPS) is 18.1. The number of β-amino-alcohol motifs (C(OH)–C–C–N with tert-alkyl or cyclic N) is 1. The Hall–Kier alpha value is -2.83. The summed E-state index contributed by atoms with van der Waals surface area (Å²) >= 11 is 0. The lowest BCUT2D eigenvalue weighted by molar-refractivity contribution is -0.134. The van der Waals surface area contributed by atoms with Gasteiger partial charge in [-0.15, -0.1) is 0 Å². The summed E-state index contributed by atoms with van der Waals surface area (Å²) < 4.78 is 11.1. The zero-order valence-corrected chi connectivity index (χ0v) is 16.5. The van der Waals surface area contributed by atoms with E-state index < -0.39 is 0 Å². The van der Waals surface area contributed by atoms with Gasteiger partial charge in [-0.2, -0.15) is 0 Å². The fraction of sp³-hybridized carbons (Fsp3) is 0.348. The van der Waals surface area contributed by atoms with Crippen LogP contribution in [0, 0.1) is 0 Å². The number of furan rings is 1. The Bertz CT molecular complexity index is 956. The van der Waals surface area contributed by atoms with Crippen LogP contribution >= 0.6 is 0 Å². The third-order valence-electron chi connectivity index (χ3n) is 5.51. The predicted molar refractivity (Wildman–Crippen MR) is 111 cm³/mol. The highest BCUT2D eigenvalue weighted by molar-refractivity contribution is 5.80. The van der Waals surface area contributed by atoms with E-state index in [2.05, 4.69) is 4.90 Å². The van der Waals surface area contributed by atoms with Crippen molar-refractivity contribution >= 4 is 16.9 Å². The van der Waals surface area contributed by atoms with E-state index in [-0.39, 0.29) is 24.7 Å². The van der Waals surface area contributed by atoms with Crippen molar-refractivity contribution in [3.05, 3.63) is 66.4 Å². The van der Waals surface area contributed by atoms with Gasteiger partial charge >= 0.3 is 0 Å². The lowest BCUT2D eigenvalue weighted by Crippen LogP contribution is -2.40. The second-order valence-corrected chi connectivity index (χ2v) is 7.54. The van der Waals surface area contributed by atoms with E-state index >= 15 is 0 Å². The zero-order valence-electron chi connectivity index (χ0n) is 16.5. The van der Waals surface area contributed by atoms with Crippen molar-refractivity contribution in [3.8, 4) is 5.75 Å². The molecule has 29 heavy (non-hydrogen) atoms. The van der Waals surface area contributed by atoms with Gasteiger partial charge in [0, 0.05) is 32.1 Å². The quantitative estimate of drug-likeness (QED) is 0.667.